The molecule has 12 nitrogen and oxygen atoms in total. The van der Waals surface area contributed by atoms with Gasteiger partial charge in [-0.1, -0.05) is 12.8 Å². The highest BCUT2D eigenvalue weighted by molar-refractivity contribution is 5.81. The van der Waals surface area contributed by atoms with Gasteiger partial charge in [0.1, 0.15) is 25.3 Å². The van der Waals surface area contributed by atoms with Crippen molar-refractivity contribution >= 4 is 12.1 Å². The summed E-state index contributed by atoms with van der Waals surface area (Å²) in [7, 11) is 0. The van der Waals surface area contributed by atoms with E-state index in [0.29, 0.717) is 13.1 Å². The Kier molecular flexibility index (Phi) is 6.99. The Morgan fingerprint density at radius 1 is 0.667 bits per heavy atom. The molecular formula is C12H20N10O2. The van der Waals surface area contributed by atoms with Gasteiger partial charge in [0.05, 0.1) is 0 Å². The third-order valence-electron chi connectivity index (χ3n) is 2.97. The van der Waals surface area contributed by atoms with Crippen LogP contribution in [0.4, 0.5) is 9.59 Å². The van der Waals surface area contributed by atoms with Gasteiger partial charge < -0.3 is 10.6 Å². The molecule has 2 heterocycles. The average molecular weight is 336 g/mol. The van der Waals surface area contributed by atoms with E-state index >= 15 is 0 Å². The van der Waals surface area contributed by atoms with Gasteiger partial charge in [-0.25, -0.2) is 29.8 Å². The molecular weight excluding hydrogens is 316 g/mol. The van der Waals surface area contributed by atoms with E-state index in [1.54, 1.807) is 0 Å². The number of hydrogen-bond donors (Lipinski definition) is 4. The van der Waals surface area contributed by atoms with Gasteiger partial charge in [-0.15, -0.1) is 20.4 Å². The number of rotatable bonds is 9. The second-order valence-corrected chi connectivity index (χ2v) is 4.89. The molecule has 0 aromatic carbocycles. The monoisotopic (exact) mass is 336 g/mol. The summed E-state index contributed by atoms with van der Waals surface area (Å²) in [6.45, 7) is 1.16. The van der Waals surface area contributed by atoms with Crippen molar-refractivity contribution in [2.45, 2.75) is 25.7 Å². The van der Waals surface area contributed by atoms with Gasteiger partial charge in [0, 0.05) is 13.1 Å². The largest absolute Gasteiger partial charge is 0.337 e. The zero-order valence-electron chi connectivity index (χ0n) is 13.1. The molecule has 2 aromatic rings. The molecule has 0 atom stereocenters. The summed E-state index contributed by atoms with van der Waals surface area (Å²) in [6, 6.07) is -0.607. The summed E-state index contributed by atoms with van der Waals surface area (Å²) in [5.74, 6) is 0. The zero-order valence-corrected chi connectivity index (χ0v) is 13.1. The highest BCUT2D eigenvalue weighted by Gasteiger charge is 2.01. The van der Waals surface area contributed by atoms with Crippen LogP contribution >= 0.6 is 0 Å². The van der Waals surface area contributed by atoms with E-state index in [9.17, 15) is 9.59 Å². The Bertz CT molecular complexity index is 543. The average Bonchev–Trinajstić information content (AvgIpc) is 3.23. The third kappa shape index (κ3) is 6.72. The summed E-state index contributed by atoms with van der Waals surface area (Å²) in [4.78, 5) is 23.0. The molecule has 4 N–H and O–H groups in total. The van der Waals surface area contributed by atoms with Gasteiger partial charge in [0.15, 0.2) is 0 Å². The van der Waals surface area contributed by atoms with Crippen LogP contribution in [0, 0.1) is 0 Å². The van der Waals surface area contributed by atoms with Crippen molar-refractivity contribution < 1.29 is 9.59 Å². The maximum atomic E-state index is 11.5. The van der Waals surface area contributed by atoms with E-state index in [0.717, 1.165) is 25.7 Å². The van der Waals surface area contributed by atoms with E-state index in [4.69, 9.17) is 0 Å². The van der Waals surface area contributed by atoms with Gasteiger partial charge in [-0.05, 0) is 12.8 Å². The second kappa shape index (κ2) is 9.76. The molecule has 0 fully saturated rings. The molecule has 130 valence electrons. The maximum Gasteiger partial charge on any atom is 0.333 e. The van der Waals surface area contributed by atoms with Crippen molar-refractivity contribution in [3.8, 4) is 0 Å². The molecule has 0 aliphatic heterocycles. The predicted molar refractivity (Wildman–Crippen MR) is 84.0 cm³/mol. The molecule has 0 saturated heterocycles. The number of nitrogens with one attached hydrogen (secondary N) is 4. The minimum atomic E-state index is -0.304. The SMILES string of the molecule is O=C(NCCCCCCNC(=O)Nn1cnnc1)Nn1cnnc1. The van der Waals surface area contributed by atoms with Crippen LogP contribution in [0.5, 0.6) is 0 Å². The van der Waals surface area contributed by atoms with Crippen LogP contribution in [0.2, 0.25) is 0 Å². The molecule has 0 spiro atoms. The molecule has 0 unspecified atom stereocenters. The number of hydrogen-bond acceptors (Lipinski definition) is 6. The number of unbranched alkanes of at least 4 members (excludes halogenated alkanes) is 3. The van der Waals surface area contributed by atoms with Crippen molar-refractivity contribution in [3.63, 3.8) is 0 Å². The number of amides is 4. The summed E-state index contributed by atoms with van der Waals surface area (Å²) in [5.41, 5.74) is 5.08. The van der Waals surface area contributed by atoms with E-state index in [-0.39, 0.29) is 12.1 Å². The predicted octanol–water partition coefficient (Wildman–Crippen LogP) is -0.364. The van der Waals surface area contributed by atoms with Crippen molar-refractivity contribution in [3.05, 3.63) is 25.3 Å². The van der Waals surface area contributed by atoms with E-state index in [1.165, 1.54) is 34.7 Å². The molecule has 0 bridgehead atoms. The number of carbonyl (C=O) groups is 2. The van der Waals surface area contributed by atoms with Crippen LogP contribution in [0.3, 0.4) is 0 Å². The standard InChI is InChI=1S/C12H20N10O2/c23-11(19-21-7-15-16-8-21)13-5-3-1-2-4-6-14-12(24)20-22-9-17-18-10-22/h7-10H,1-6H2,(H2,13,19,23)(H2,14,20,24). The number of nitrogens with zero attached hydrogens (tertiary/aromatic N) is 6. The molecule has 12 heteroatoms. The lowest BCUT2D eigenvalue weighted by Crippen LogP contribution is -2.34. The van der Waals surface area contributed by atoms with Crippen LogP contribution in [-0.4, -0.2) is 54.9 Å². The van der Waals surface area contributed by atoms with Crippen LogP contribution in [0.15, 0.2) is 25.3 Å². The number of urea groups is 2. The first-order valence-corrected chi connectivity index (χ1v) is 7.53. The van der Waals surface area contributed by atoms with Gasteiger partial charge in [0.25, 0.3) is 0 Å². The van der Waals surface area contributed by atoms with Gasteiger partial charge in [0.2, 0.25) is 0 Å². The number of carbonyl (C=O) groups excluding carboxylic acids is 2. The smallest absolute Gasteiger partial charge is 0.333 e. The molecule has 0 aliphatic carbocycles. The molecule has 0 radical (unpaired) electrons. The maximum absolute atomic E-state index is 11.5. The van der Waals surface area contributed by atoms with Gasteiger partial charge in [-0.2, -0.15) is 0 Å². The fourth-order valence-electron chi connectivity index (χ4n) is 1.84. The highest BCUT2D eigenvalue weighted by Crippen LogP contribution is 1.97. The lowest BCUT2D eigenvalue weighted by Gasteiger charge is -2.08. The number of aromatic nitrogens is 6. The first kappa shape index (κ1) is 17.2. The molecule has 0 saturated carbocycles. The second-order valence-electron chi connectivity index (χ2n) is 4.89. The molecule has 4 amide bonds. The van der Waals surface area contributed by atoms with E-state index in [1.807, 2.05) is 0 Å². The van der Waals surface area contributed by atoms with Gasteiger partial charge in [-0.3, -0.25) is 0 Å². The Labute approximate surface area is 138 Å². The summed E-state index contributed by atoms with van der Waals surface area (Å²) >= 11 is 0. The van der Waals surface area contributed by atoms with Crippen LogP contribution in [0.1, 0.15) is 25.7 Å². The Morgan fingerprint density at radius 3 is 1.42 bits per heavy atom. The quantitative estimate of drug-likeness (QED) is 0.460. The van der Waals surface area contributed by atoms with Crippen molar-refractivity contribution in [2.24, 2.45) is 0 Å². The lowest BCUT2D eigenvalue weighted by molar-refractivity contribution is 0.248. The Hall–Kier alpha value is -3.18. The molecule has 24 heavy (non-hydrogen) atoms. The first-order valence-electron chi connectivity index (χ1n) is 7.53. The molecule has 2 aromatic heterocycles. The Morgan fingerprint density at radius 2 is 1.04 bits per heavy atom. The van der Waals surface area contributed by atoms with E-state index in [2.05, 4.69) is 41.9 Å². The minimum Gasteiger partial charge on any atom is -0.337 e. The highest BCUT2D eigenvalue weighted by atomic mass is 16.2. The van der Waals surface area contributed by atoms with Crippen molar-refractivity contribution in [1.29, 1.82) is 0 Å². The topological polar surface area (TPSA) is 144 Å². The summed E-state index contributed by atoms with van der Waals surface area (Å²) < 4.78 is 2.73. The first-order chi connectivity index (χ1) is 11.7. The molecule has 2 rings (SSSR count). The van der Waals surface area contributed by atoms with Crippen LogP contribution < -0.4 is 21.5 Å². The van der Waals surface area contributed by atoms with Crippen LogP contribution in [-0.2, 0) is 0 Å². The lowest BCUT2D eigenvalue weighted by atomic mass is 10.2. The fourth-order valence-corrected chi connectivity index (χ4v) is 1.84. The van der Waals surface area contributed by atoms with Crippen molar-refractivity contribution in [2.75, 3.05) is 23.9 Å². The van der Waals surface area contributed by atoms with Gasteiger partial charge >= 0.3 is 12.1 Å². The molecule has 0 aliphatic rings. The summed E-state index contributed by atoms with van der Waals surface area (Å²) in [6.07, 6.45) is 9.23. The van der Waals surface area contributed by atoms with Crippen LogP contribution in [0.25, 0.3) is 0 Å². The van der Waals surface area contributed by atoms with Crippen molar-refractivity contribution in [1.82, 2.24) is 40.4 Å². The zero-order chi connectivity index (χ0) is 17.0. The fraction of sp³-hybridized carbons (Fsp3) is 0.500. The van der Waals surface area contributed by atoms with E-state index < -0.39 is 0 Å². The normalized spacial score (nSPS) is 10.2. The third-order valence-corrected chi connectivity index (χ3v) is 2.97. The summed E-state index contributed by atoms with van der Waals surface area (Å²) in [5, 5.41) is 19.8. The Balaban J connectivity index is 1.40. The minimum absolute atomic E-state index is 0.304.